The van der Waals surface area contributed by atoms with E-state index < -0.39 is 50.9 Å². The Hall–Kier alpha value is -2.14. The van der Waals surface area contributed by atoms with Crippen molar-refractivity contribution < 1.29 is 27.9 Å². The van der Waals surface area contributed by atoms with Crippen molar-refractivity contribution in [2.24, 2.45) is 5.92 Å². The van der Waals surface area contributed by atoms with Crippen LogP contribution in [0.4, 0.5) is 4.79 Å². The van der Waals surface area contributed by atoms with Gasteiger partial charge >= 0.3 is 6.09 Å². The molecule has 3 rings (SSSR count). The van der Waals surface area contributed by atoms with Crippen molar-refractivity contribution in [3.8, 4) is 0 Å². The van der Waals surface area contributed by atoms with Gasteiger partial charge in [-0.15, -0.1) is 0 Å². The molecule has 0 aromatic carbocycles. The van der Waals surface area contributed by atoms with Gasteiger partial charge in [0.15, 0.2) is 9.84 Å². The number of aliphatic hydroxyl groups excluding tert-OH is 1. The van der Waals surface area contributed by atoms with E-state index in [1.807, 2.05) is 0 Å². The van der Waals surface area contributed by atoms with Crippen molar-refractivity contribution in [2.75, 3.05) is 5.75 Å². The first-order chi connectivity index (χ1) is 17.9. The highest BCUT2D eigenvalue weighted by Gasteiger charge is 2.35. The monoisotopic (exact) mass is 554 g/mol. The third-order valence-corrected chi connectivity index (χ3v) is 9.85. The van der Waals surface area contributed by atoms with Crippen LogP contribution in [0.25, 0.3) is 0 Å². The normalized spacial score (nSPS) is 20.3. The minimum Gasteiger partial charge on any atom is -0.444 e. The molecule has 10 nitrogen and oxygen atoms in total. The van der Waals surface area contributed by atoms with Crippen molar-refractivity contribution in [1.29, 1.82) is 0 Å². The molecule has 11 heteroatoms. The molecular formula is C27H46N4O6S. The number of carbonyl (C=O) groups excluding carboxylic acids is 2. The second-order valence-corrected chi connectivity index (χ2v) is 14.3. The molecule has 0 aliphatic heterocycles. The Morgan fingerprint density at radius 2 is 1.71 bits per heavy atom. The number of imidazole rings is 1. The predicted molar refractivity (Wildman–Crippen MR) is 145 cm³/mol. The maximum atomic E-state index is 13.5. The number of sulfone groups is 1. The number of hydrogen-bond donors (Lipinski definition) is 4. The van der Waals surface area contributed by atoms with Crippen molar-refractivity contribution in [3.05, 3.63) is 18.2 Å². The Balaban J connectivity index is 1.75. The van der Waals surface area contributed by atoms with Gasteiger partial charge in [-0.1, -0.05) is 51.4 Å². The summed E-state index contributed by atoms with van der Waals surface area (Å²) in [6.07, 6.45) is 11.1. The molecule has 4 N–H and O–H groups in total. The number of aromatic nitrogens is 2. The lowest BCUT2D eigenvalue weighted by Gasteiger charge is -2.32. The number of rotatable bonds is 11. The van der Waals surface area contributed by atoms with Gasteiger partial charge in [-0.25, -0.2) is 18.2 Å². The van der Waals surface area contributed by atoms with Gasteiger partial charge in [0.05, 0.1) is 29.5 Å². The summed E-state index contributed by atoms with van der Waals surface area (Å²) in [4.78, 5) is 33.0. The lowest BCUT2D eigenvalue weighted by Crippen LogP contribution is -2.55. The van der Waals surface area contributed by atoms with Crippen LogP contribution in [0.1, 0.15) is 97.1 Å². The Bertz CT molecular complexity index is 980. The maximum absolute atomic E-state index is 13.5. The third kappa shape index (κ3) is 9.87. The number of aromatic amines is 1. The minimum atomic E-state index is -3.51. The molecule has 2 saturated carbocycles. The summed E-state index contributed by atoms with van der Waals surface area (Å²) < 4.78 is 31.6. The van der Waals surface area contributed by atoms with Gasteiger partial charge in [-0.2, -0.15) is 0 Å². The number of nitrogens with one attached hydrogen (secondary N) is 3. The molecule has 0 radical (unpaired) electrons. The van der Waals surface area contributed by atoms with Crippen LogP contribution in [0.2, 0.25) is 0 Å². The summed E-state index contributed by atoms with van der Waals surface area (Å²) in [5, 5.41) is 16.3. The number of hydrogen-bond acceptors (Lipinski definition) is 7. The molecule has 0 spiro atoms. The molecule has 2 fully saturated rings. The zero-order chi connectivity index (χ0) is 27.8. The molecule has 1 heterocycles. The molecule has 1 unspecified atom stereocenters. The van der Waals surface area contributed by atoms with Crippen LogP contribution in [-0.2, 0) is 25.8 Å². The molecule has 2 aliphatic carbocycles. The Labute approximate surface area is 227 Å². The van der Waals surface area contributed by atoms with Crippen LogP contribution >= 0.6 is 0 Å². The summed E-state index contributed by atoms with van der Waals surface area (Å²) in [7, 11) is -3.51. The van der Waals surface area contributed by atoms with Crippen LogP contribution in [-0.4, -0.2) is 70.3 Å². The van der Waals surface area contributed by atoms with E-state index in [1.165, 1.54) is 6.33 Å². The topological polar surface area (TPSA) is 150 Å². The van der Waals surface area contributed by atoms with Crippen LogP contribution < -0.4 is 10.6 Å². The number of carbonyl (C=O) groups is 2. The Kier molecular flexibility index (Phi) is 11.0. The SMILES string of the molecule is CC(C)(C)OC(=O)NC(Cc1cnc[nH]1)C(=O)N[C@@H](CC1CCCCC1)[C@@H](O)CS(=O)(=O)C1CCCCC1. The van der Waals surface area contributed by atoms with E-state index in [2.05, 4.69) is 20.6 Å². The van der Waals surface area contributed by atoms with Crippen LogP contribution in [0, 0.1) is 5.92 Å². The van der Waals surface area contributed by atoms with E-state index in [-0.39, 0.29) is 12.2 Å². The van der Waals surface area contributed by atoms with E-state index in [0.29, 0.717) is 30.9 Å². The van der Waals surface area contributed by atoms with Gasteiger partial charge in [-0.05, 0) is 46.0 Å². The average molecular weight is 555 g/mol. The van der Waals surface area contributed by atoms with Gasteiger partial charge in [0.1, 0.15) is 11.6 Å². The lowest BCUT2D eigenvalue weighted by atomic mass is 9.84. The maximum Gasteiger partial charge on any atom is 0.408 e. The van der Waals surface area contributed by atoms with Gasteiger partial charge in [0.2, 0.25) is 5.91 Å². The Morgan fingerprint density at radius 3 is 2.29 bits per heavy atom. The number of H-pyrrole nitrogens is 1. The number of ether oxygens (including phenoxy) is 1. The van der Waals surface area contributed by atoms with Gasteiger partial charge in [0.25, 0.3) is 0 Å². The van der Waals surface area contributed by atoms with E-state index in [0.717, 1.165) is 51.4 Å². The summed E-state index contributed by atoms with van der Waals surface area (Å²) in [6.45, 7) is 5.21. The van der Waals surface area contributed by atoms with Crippen LogP contribution in [0.5, 0.6) is 0 Å². The largest absolute Gasteiger partial charge is 0.444 e. The highest BCUT2D eigenvalue weighted by molar-refractivity contribution is 7.92. The molecule has 2 aliphatic rings. The summed E-state index contributed by atoms with van der Waals surface area (Å²) in [5.74, 6) is -0.577. The standard InChI is InChI=1S/C27H46N4O6S/c1-27(2,3)37-26(34)31-23(15-20-16-28-18-29-20)25(33)30-22(14-19-10-6-4-7-11-19)24(32)17-38(35,36)21-12-8-5-9-13-21/h16,18-19,21-24,32H,4-15,17H2,1-3H3,(H,28,29)(H,30,33)(H,31,34)/t22-,23?,24-/m0/s1. The van der Waals surface area contributed by atoms with E-state index >= 15 is 0 Å². The highest BCUT2D eigenvalue weighted by atomic mass is 32.2. The quantitative estimate of drug-likeness (QED) is 0.327. The molecule has 2 amide bonds. The molecule has 38 heavy (non-hydrogen) atoms. The average Bonchev–Trinajstić information content (AvgIpc) is 3.36. The molecule has 0 saturated heterocycles. The van der Waals surface area contributed by atoms with E-state index in [9.17, 15) is 23.1 Å². The van der Waals surface area contributed by atoms with E-state index in [4.69, 9.17) is 4.74 Å². The fourth-order valence-electron chi connectivity index (χ4n) is 5.57. The van der Waals surface area contributed by atoms with Crippen molar-refractivity contribution in [1.82, 2.24) is 20.6 Å². The van der Waals surface area contributed by atoms with Crippen molar-refractivity contribution >= 4 is 21.8 Å². The second kappa shape index (κ2) is 13.8. The molecule has 1 aromatic rings. The number of nitrogens with zero attached hydrogens (tertiary/aromatic N) is 1. The summed E-state index contributed by atoms with van der Waals surface area (Å²) in [6, 6.07) is -1.74. The molecular weight excluding hydrogens is 508 g/mol. The van der Waals surface area contributed by atoms with Crippen LogP contribution in [0.15, 0.2) is 12.5 Å². The fraction of sp³-hybridized carbons (Fsp3) is 0.815. The fourth-order valence-corrected chi connectivity index (χ4v) is 7.60. The number of amides is 2. The van der Waals surface area contributed by atoms with Crippen molar-refractivity contribution in [3.63, 3.8) is 0 Å². The predicted octanol–water partition coefficient (Wildman–Crippen LogP) is 3.41. The molecule has 1 aromatic heterocycles. The molecule has 0 bridgehead atoms. The van der Waals surface area contributed by atoms with Crippen molar-refractivity contribution in [2.45, 2.75) is 127 Å². The molecule has 3 atom stereocenters. The zero-order valence-electron chi connectivity index (χ0n) is 23.1. The second-order valence-electron chi connectivity index (χ2n) is 12.0. The van der Waals surface area contributed by atoms with Gasteiger partial charge in [0, 0.05) is 18.3 Å². The lowest BCUT2D eigenvalue weighted by molar-refractivity contribution is -0.124. The summed E-state index contributed by atoms with van der Waals surface area (Å²) >= 11 is 0. The zero-order valence-corrected chi connectivity index (χ0v) is 23.9. The minimum absolute atomic E-state index is 0.137. The van der Waals surface area contributed by atoms with Gasteiger partial charge in [-0.3, -0.25) is 4.79 Å². The first-order valence-corrected chi connectivity index (χ1v) is 15.8. The number of alkyl carbamates (subject to hydrolysis) is 1. The third-order valence-electron chi connectivity index (χ3n) is 7.55. The Morgan fingerprint density at radius 1 is 1.08 bits per heavy atom. The first kappa shape index (κ1) is 30.4. The van der Waals surface area contributed by atoms with E-state index in [1.54, 1.807) is 27.0 Å². The smallest absolute Gasteiger partial charge is 0.408 e. The van der Waals surface area contributed by atoms with Gasteiger partial charge < -0.3 is 25.5 Å². The summed E-state index contributed by atoms with van der Waals surface area (Å²) in [5.41, 5.74) is -0.0998. The number of aliphatic hydroxyl groups is 1. The first-order valence-electron chi connectivity index (χ1n) is 14.1. The highest BCUT2D eigenvalue weighted by Crippen LogP contribution is 2.29. The van der Waals surface area contributed by atoms with Crippen LogP contribution in [0.3, 0.4) is 0 Å². The molecule has 216 valence electrons.